The highest BCUT2D eigenvalue weighted by molar-refractivity contribution is 6.35. The molecule has 1 saturated carbocycles. The summed E-state index contributed by atoms with van der Waals surface area (Å²) in [4.78, 5) is 34.7. The number of ether oxygens (including phenoxy) is 2. The normalized spacial score (nSPS) is 14.0. The molecule has 1 fully saturated rings. The van der Waals surface area contributed by atoms with E-state index < -0.39 is 31.1 Å². The molecular weight excluding hydrogens is 371 g/mol. The van der Waals surface area contributed by atoms with Crippen LogP contribution in [0.15, 0.2) is 18.2 Å². The van der Waals surface area contributed by atoms with Crippen LogP contribution in [0.25, 0.3) is 0 Å². The molecule has 136 valence electrons. The fourth-order valence-corrected chi connectivity index (χ4v) is 2.83. The van der Waals surface area contributed by atoms with Gasteiger partial charge in [0.2, 0.25) is 0 Å². The summed E-state index contributed by atoms with van der Waals surface area (Å²) in [6.07, 6.45) is 3.94. The van der Waals surface area contributed by atoms with Crippen molar-refractivity contribution in [2.45, 2.75) is 31.7 Å². The second-order valence-corrected chi connectivity index (χ2v) is 6.37. The first-order chi connectivity index (χ1) is 11.9. The third kappa shape index (κ3) is 6.80. The zero-order valence-electron chi connectivity index (χ0n) is 13.3. The number of urea groups is 1. The van der Waals surface area contributed by atoms with Crippen molar-refractivity contribution >= 4 is 41.1 Å². The van der Waals surface area contributed by atoms with Crippen LogP contribution in [0.5, 0.6) is 5.75 Å². The largest absolute Gasteiger partial charge is 0.480 e. The molecule has 0 spiro atoms. The number of rotatable bonds is 6. The lowest BCUT2D eigenvalue weighted by Crippen LogP contribution is -2.45. The summed E-state index contributed by atoms with van der Waals surface area (Å²) in [6, 6.07) is 4.05. The van der Waals surface area contributed by atoms with E-state index in [1.165, 1.54) is 12.1 Å². The Bertz CT molecular complexity index is 647. The molecule has 1 aromatic carbocycles. The van der Waals surface area contributed by atoms with Gasteiger partial charge in [0.25, 0.3) is 5.91 Å². The van der Waals surface area contributed by atoms with Crippen LogP contribution < -0.4 is 15.4 Å². The number of esters is 1. The van der Waals surface area contributed by atoms with E-state index in [0.717, 1.165) is 25.7 Å². The Morgan fingerprint density at radius 1 is 1.12 bits per heavy atom. The molecule has 0 heterocycles. The first kappa shape index (κ1) is 19.3. The van der Waals surface area contributed by atoms with E-state index >= 15 is 0 Å². The molecule has 1 aliphatic rings. The van der Waals surface area contributed by atoms with Gasteiger partial charge in [-0.25, -0.2) is 9.59 Å². The lowest BCUT2D eigenvalue weighted by molar-refractivity contribution is -0.150. The number of amides is 3. The van der Waals surface area contributed by atoms with Crippen LogP contribution in [-0.4, -0.2) is 37.2 Å². The topological polar surface area (TPSA) is 93.7 Å². The number of carbonyl (C=O) groups is 3. The van der Waals surface area contributed by atoms with Gasteiger partial charge < -0.3 is 14.8 Å². The highest BCUT2D eigenvalue weighted by Gasteiger charge is 2.18. The standard InChI is InChI=1S/C16H18Cl2N2O5/c17-10-5-6-13(12(18)7-10)24-9-15(22)25-8-14(21)20-16(23)19-11-3-1-2-4-11/h5-7,11H,1-4,8-9H2,(H2,19,20,21,23). The fraction of sp³-hybridized carbons (Fsp3) is 0.438. The second kappa shape index (κ2) is 9.48. The van der Waals surface area contributed by atoms with Crippen molar-refractivity contribution in [2.75, 3.05) is 13.2 Å². The Labute approximate surface area is 154 Å². The van der Waals surface area contributed by atoms with Gasteiger partial charge in [0, 0.05) is 11.1 Å². The van der Waals surface area contributed by atoms with Gasteiger partial charge in [-0.05, 0) is 31.0 Å². The highest BCUT2D eigenvalue weighted by Crippen LogP contribution is 2.27. The highest BCUT2D eigenvalue weighted by atomic mass is 35.5. The molecule has 0 bridgehead atoms. The quantitative estimate of drug-likeness (QED) is 0.730. The summed E-state index contributed by atoms with van der Waals surface area (Å²) < 4.78 is 9.91. The molecule has 2 rings (SSSR count). The molecule has 25 heavy (non-hydrogen) atoms. The lowest BCUT2D eigenvalue weighted by Gasteiger charge is -2.12. The Morgan fingerprint density at radius 3 is 2.52 bits per heavy atom. The van der Waals surface area contributed by atoms with Gasteiger partial charge in [-0.2, -0.15) is 0 Å². The molecule has 0 aromatic heterocycles. The van der Waals surface area contributed by atoms with E-state index in [2.05, 4.69) is 10.6 Å². The van der Waals surface area contributed by atoms with Gasteiger partial charge >= 0.3 is 12.0 Å². The molecule has 1 aromatic rings. The van der Waals surface area contributed by atoms with Crippen LogP contribution in [0, 0.1) is 0 Å². The van der Waals surface area contributed by atoms with Gasteiger partial charge in [0.1, 0.15) is 5.75 Å². The minimum atomic E-state index is -0.766. The molecule has 0 radical (unpaired) electrons. The van der Waals surface area contributed by atoms with E-state index in [4.69, 9.17) is 32.7 Å². The molecule has 9 heteroatoms. The number of benzene rings is 1. The predicted molar refractivity (Wildman–Crippen MR) is 91.8 cm³/mol. The number of halogens is 2. The summed E-state index contributed by atoms with van der Waals surface area (Å²) >= 11 is 11.6. The average molecular weight is 389 g/mol. The van der Waals surface area contributed by atoms with Crippen molar-refractivity contribution in [1.82, 2.24) is 10.6 Å². The van der Waals surface area contributed by atoms with Crippen LogP contribution in [-0.2, 0) is 14.3 Å². The number of nitrogens with one attached hydrogen (secondary N) is 2. The van der Waals surface area contributed by atoms with Gasteiger partial charge in [0.15, 0.2) is 13.2 Å². The number of hydrogen-bond acceptors (Lipinski definition) is 5. The Morgan fingerprint density at radius 2 is 1.84 bits per heavy atom. The van der Waals surface area contributed by atoms with Crippen LogP contribution in [0.4, 0.5) is 4.79 Å². The average Bonchev–Trinajstić information content (AvgIpc) is 3.04. The fourth-order valence-electron chi connectivity index (χ4n) is 2.37. The van der Waals surface area contributed by atoms with Crippen LogP contribution in [0.1, 0.15) is 25.7 Å². The van der Waals surface area contributed by atoms with Crippen molar-refractivity contribution in [2.24, 2.45) is 0 Å². The maximum atomic E-state index is 11.6. The van der Waals surface area contributed by atoms with Crippen molar-refractivity contribution < 1.29 is 23.9 Å². The molecule has 0 saturated heterocycles. The molecule has 1 aliphatic carbocycles. The zero-order valence-corrected chi connectivity index (χ0v) is 14.9. The minimum Gasteiger partial charge on any atom is -0.480 e. The van der Waals surface area contributed by atoms with Crippen LogP contribution in [0.3, 0.4) is 0 Å². The third-order valence-electron chi connectivity index (χ3n) is 3.55. The van der Waals surface area contributed by atoms with Gasteiger partial charge in [-0.3, -0.25) is 10.1 Å². The van der Waals surface area contributed by atoms with Crippen molar-refractivity contribution in [3.63, 3.8) is 0 Å². The van der Waals surface area contributed by atoms with Gasteiger partial charge in [-0.15, -0.1) is 0 Å². The SMILES string of the molecule is O=C(COC(=O)COc1ccc(Cl)cc1Cl)NC(=O)NC1CCCC1. The minimum absolute atomic E-state index is 0.0906. The summed E-state index contributed by atoms with van der Waals surface area (Å²) in [5, 5.41) is 5.49. The van der Waals surface area contributed by atoms with Crippen LogP contribution in [0.2, 0.25) is 10.0 Å². The molecule has 2 N–H and O–H groups in total. The van der Waals surface area contributed by atoms with E-state index in [1.54, 1.807) is 6.07 Å². The number of imide groups is 1. The predicted octanol–water partition coefficient (Wildman–Crippen LogP) is 2.68. The smallest absolute Gasteiger partial charge is 0.344 e. The van der Waals surface area contributed by atoms with Crippen molar-refractivity contribution in [3.8, 4) is 5.75 Å². The maximum absolute atomic E-state index is 11.6. The molecule has 0 aliphatic heterocycles. The van der Waals surface area contributed by atoms with Crippen molar-refractivity contribution in [3.05, 3.63) is 28.2 Å². The molecule has 3 amide bonds. The maximum Gasteiger partial charge on any atom is 0.344 e. The Kier molecular flexibility index (Phi) is 7.33. The Balaban J connectivity index is 1.65. The third-order valence-corrected chi connectivity index (χ3v) is 4.08. The summed E-state index contributed by atoms with van der Waals surface area (Å²) in [5.41, 5.74) is 0. The van der Waals surface area contributed by atoms with Crippen molar-refractivity contribution in [1.29, 1.82) is 0 Å². The molecule has 0 atom stereocenters. The molecule has 0 unspecified atom stereocenters. The van der Waals surface area contributed by atoms with E-state index in [9.17, 15) is 14.4 Å². The lowest BCUT2D eigenvalue weighted by atomic mass is 10.2. The Hall–Kier alpha value is -1.99. The van der Waals surface area contributed by atoms with Gasteiger partial charge in [-0.1, -0.05) is 36.0 Å². The van der Waals surface area contributed by atoms with E-state index in [-0.39, 0.29) is 16.8 Å². The summed E-state index contributed by atoms with van der Waals surface area (Å²) in [7, 11) is 0. The second-order valence-electron chi connectivity index (χ2n) is 5.53. The monoisotopic (exact) mass is 388 g/mol. The molecule has 7 nitrogen and oxygen atoms in total. The number of carbonyl (C=O) groups excluding carboxylic acids is 3. The van der Waals surface area contributed by atoms with Gasteiger partial charge in [0.05, 0.1) is 5.02 Å². The first-order valence-electron chi connectivity index (χ1n) is 7.78. The molecular formula is C16H18Cl2N2O5. The summed E-state index contributed by atoms with van der Waals surface area (Å²) in [6.45, 7) is -1.00. The first-order valence-corrected chi connectivity index (χ1v) is 8.53. The number of hydrogen-bond donors (Lipinski definition) is 2. The summed E-state index contributed by atoms with van der Waals surface area (Å²) in [5.74, 6) is -1.21. The van der Waals surface area contributed by atoms with Crippen LogP contribution >= 0.6 is 23.2 Å². The van der Waals surface area contributed by atoms with E-state index in [0.29, 0.717) is 5.02 Å². The zero-order chi connectivity index (χ0) is 18.2. The van der Waals surface area contributed by atoms with E-state index in [1.807, 2.05) is 0 Å².